The van der Waals surface area contributed by atoms with E-state index in [9.17, 15) is 0 Å². The Labute approximate surface area is 111 Å². The molecule has 2 rings (SSSR count). The van der Waals surface area contributed by atoms with Crippen LogP contribution in [0.25, 0.3) is 0 Å². The van der Waals surface area contributed by atoms with Gasteiger partial charge in [-0.05, 0) is 48.8 Å². The minimum absolute atomic E-state index is 0.505. The lowest BCUT2D eigenvalue weighted by atomic mass is 10.1. The molecule has 1 unspecified atom stereocenters. The van der Waals surface area contributed by atoms with Crippen molar-refractivity contribution >= 4 is 21.7 Å². The van der Waals surface area contributed by atoms with E-state index >= 15 is 0 Å². The van der Waals surface area contributed by atoms with Crippen molar-refractivity contribution in [1.82, 2.24) is 14.9 Å². The summed E-state index contributed by atoms with van der Waals surface area (Å²) in [6.07, 6.45) is 2.48. The van der Waals surface area contributed by atoms with Crippen LogP contribution in [0.4, 0.5) is 5.82 Å². The van der Waals surface area contributed by atoms with Crippen LogP contribution in [0.5, 0.6) is 0 Å². The topological polar surface area (TPSA) is 41.0 Å². The number of nitrogens with zero attached hydrogens (tertiary/aromatic N) is 3. The molecule has 0 spiro atoms. The lowest BCUT2D eigenvalue weighted by molar-refractivity contribution is 0.226. The van der Waals surface area contributed by atoms with Gasteiger partial charge < -0.3 is 10.2 Å². The van der Waals surface area contributed by atoms with E-state index in [-0.39, 0.29) is 0 Å². The van der Waals surface area contributed by atoms with Crippen molar-refractivity contribution in [3.05, 3.63) is 16.5 Å². The monoisotopic (exact) mass is 298 g/mol. The van der Waals surface area contributed by atoms with Gasteiger partial charge in [0.1, 0.15) is 16.2 Å². The van der Waals surface area contributed by atoms with E-state index in [1.54, 1.807) is 0 Å². The zero-order valence-electron chi connectivity index (χ0n) is 10.4. The number of likely N-dealkylation sites (N-methyl/N-ethyl adjacent to an activating group) is 1. The van der Waals surface area contributed by atoms with Crippen LogP contribution in [0, 0.1) is 6.92 Å². The summed E-state index contributed by atoms with van der Waals surface area (Å²) in [6.45, 7) is 7.59. The number of anilines is 1. The SMILES string of the molecule is CCN1CCCC(Nc2cc(Br)nc(C)n2)C1. The second-order valence-corrected chi connectivity index (χ2v) is 5.31. The molecule has 17 heavy (non-hydrogen) atoms. The van der Waals surface area contributed by atoms with E-state index < -0.39 is 0 Å². The first-order valence-electron chi connectivity index (χ1n) is 6.17. The highest BCUT2D eigenvalue weighted by atomic mass is 79.9. The van der Waals surface area contributed by atoms with Gasteiger partial charge in [-0.25, -0.2) is 9.97 Å². The van der Waals surface area contributed by atoms with Gasteiger partial charge in [-0.3, -0.25) is 0 Å². The van der Waals surface area contributed by atoms with E-state index in [1.165, 1.54) is 19.4 Å². The van der Waals surface area contributed by atoms with Crippen LogP contribution in [-0.2, 0) is 0 Å². The Morgan fingerprint density at radius 2 is 2.35 bits per heavy atom. The third-order valence-corrected chi connectivity index (χ3v) is 3.52. The first-order valence-corrected chi connectivity index (χ1v) is 6.96. The van der Waals surface area contributed by atoms with Gasteiger partial charge in [0.25, 0.3) is 0 Å². The molecule has 5 heteroatoms. The molecule has 0 saturated carbocycles. The van der Waals surface area contributed by atoms with Gasteiger partial charge in [0.05, 0.1) is 0 Å². The van der Waals surface area contributed by atoms with Crippen molar-refractivity contribution in [2.24, 2.45) is 0 Å². The van der Waals surface area contributed by atoms with Crippen molar-refractivity contribution in [2.45, 2.75) is 32.7 Å². The van der Waals surface area contributed by atoms with Crippen LogP contribution >= 0.6 is 15.9 Å². The normalized spacial score (nSPS) is 21.5. The Morgan fingerprint density at radius 3 is 3.06 bits per heavy atom. The number of hydrogen-bond acceptors (Lipinski definition) is 4. The summed E-state index contributed by atoms with van der Waals surface area (Å²) in [5.74, 6) is 1.72. The zero-order chi connectivity index (χ0) is 12.3. The number of hydrogen-bond donors (Lipinski definition) is 1. The fraction of sp³-hybridized carbons (Fsp3) is 0.667. The molecule has 0 bridgehead atoms. The van der Waals surface area contributed by atoms with E-state index in [2.05, 4.69) is 43.0 Å². The first-order chi connectivity index (χ1) is 8.17. The molecular weight excluding hydrogens is 280 g/mol. The largest absolute Gasteiger partial charge is 0.366 e. The highest BCUT2D eigenvalue weighted by Gasteiger charge is 2.18. The Balaban J connectivity index is 2.00. The fourth-order valence-electron chi connectivity index (χ4n) is 2.27. The third-order valence-electron chi connectivity index (χ3n) is 3.11. The summed E-state index contributed by atoms with van der Waals surface area (Å²) in [5.41, 5.74) is 0. The second kappa shape index (κ2) is 5.78. The van der Waals surface area contributed by atoms with E-state index in [4.69, 9.17) is 0 Å². The summed E-state index contributed by atoms with van der Waals surface area (Å²) < 4.78 is 0.843. The van der Waals surface area contributed by atoms with E-state index in [0.29, 0.717) is 6.04 Å². The van der Waals surface area contributed by atoms with Crippen LogP contribution < -0.4 is 5.32 Å². The number of piperidine rings is 1. The third kappa shape index (κ3) is 3.64. The van der Waals surface area contributed by atoms with Gasteiger partial charge in [0.2, 0.25) is 0 Å². The van der Waals surface area contributed by atoms with Crippen molar-refractivity contribution in [1.29, 1.82) is 0 Å². The number of rotatable bonds is 3. The Morgan fingerprint density at radius 1 is 1.53 bits per heavy atom. The van der Waals surface area contributed by atoms with Crippen LogP contribution in [0.2, 0.25) is 0 Å². The molecule has 1 N–H and O–H groups in total. The smallest absolute Gasteiger partial charge is 0.131 e. The summed E-state index contributed by atoms with van der Waals surface area (Å²) >= 11 is 3.40. The summed E-state index contributed by atoms with van der Waals surface area (Å²) in [4.78, 5) is 11.1. The minimum Gasteiger partial charge on any atom is -0.366 e. The highest BCUT2D eigenvalue weighted by molar-refractivity contribution is 9.10. The van der Waals surface area contributed by atoms with Gasteiger partial charge in [-0.2, -0.15) is 0 Å². The molecule has 0 amide bonds. The Kier molecular flexibility index (Phi) is 4.34. The van der Waals surface area contributed by atoms with Gasteiger partial charge in [0, 0.05) is 18.7 Å². The summed E-state index contributed by atoms with van der Waals surface area (Å²) in [5, 5.41) is 3.50. The number of aromatic nitrogens is 2. The Bertz CT molecular complexity index is 363. The van der Waals surface area contributed by atoms with Gasteiger partial charge >= 0.3 is 0 Å². The number of halogens is 1. The average molecular weight is 299 g/mol. The Hall–Kier alpha value is -0.680. The van der Waals surface area contributed by atoms with Crippen LogP contribution in [0.1, 0.15) is 25.6 Å². The van der Waals surface area contributed by atoms with Crippen molar-refractivity contribution in [3.8, 4) is 0 Å². The van der Waals surface area contributed by atoms with Crippen molar-refractivity contribution < 1.29 is 0 Å². The first kappa shape index (κ1) is 12.8. The van der Waals surface area contributed by atoms with Gasteiger partial charge in [-0.1, -0.05) is 6.92 Å². The molecule has 1 aliphatic heterocycles. The molecule has 0 aromatic carbocycles. The maximum Gasteiger partial charge on any atom is 0.131 e. The molecule has 2 heterocycles. The summed E-state index contributed by atoms with van der Waals surface area (Å²) in [7, 11) is 0. The standard InChI is InChI=1S/C12H19BrN4/c1-3-17-6-4-5-10(8-17)16-12-7-11(13)14-9(2)15-12/h7,10H,3-6,8H2,1-2H3,(H,14,15,16). The van der Waals surface area contributed by atoms with Crippen LogP contribution in [0.15, 0.2) is 10.7 Å². The van der Waals surface area contributed by atoms with Crippen LogP contribution in [0.3, 0.4) is 0 Å². The highest BCUT2D eigenvalue weighted by Crippen LogP contribution is 2.17. The van der Waals surface area contributed by atoms with Crippen molar-refractivity contribution in [2.75, 3.05) is 25.0 Å². The predicted octanol–water partition coefficient (Wildman–Crippen LogP) is 2.44. The molecular formula is C12H19BrN4. The predicted molar refractivity (Wildman–Crippen MR) is 73.2 cm³/mol. The van der Waals surface area contributed by atoms with Gasteiger partial charge in [-0.15, -0.1) is 0 Å². The molecule has 1 aromatic rings. The fourth-order valence-corrected chi connectivity index (χ4v) is 2.75. The second-order valence-electron chi connectivity index (χ2n) is 4.50. The van der Waals surface area contributed by atoms with Crippen LogP contribution in [-0.4, -0.2) is 40.5 Å². The molecule has 0 radical (unpaired) electrons. The number of likely N-dealkylation sites (tertiary alicyclic amines) is 1. The number of aryl methyl sites for hydroxylation is 1. The van der Waals surface area contributed by atoms with Crippen molar-refractivity contribution in [3.63, 3.8) is 0 Å². The molecule has 94 valence electrons. The summed E-state index contributed by atoms with van der Waals surface area (Å²) in [6, 6.07) is 2.45. The maximum atomic E-state index is 4.41. The minimum atomic E-state index is 0.505. The zero-order valence-corrected chi connectivity index (χ0v) is 12.0. The molecule has 0 aliphatic carbocycles. The number of nitrogens with one attached hydrogen (secondary N) is 1. The van der Waals surface area contributed by atoms with E-state index in [1.807, 2.05) is 13.0 Å². The molecule has 1 fully saturated rings. The molecule has 1 aromatic heterocycles. The average Bonchev–Trinajstić information content (AvgIpc) is 2.28. The maximum absolute atomic E-state index is 4.41. The molecule has 1 aliphatic rings. The van der Waals surface area contributed by atoms with Gasteiger partial charge in [0.15, 0.2) is 0 Å². The molecule has 4 nitrogen and oxygen atoms in total. The lowest BCUT2D eigenvalue weighted by Gasteiger charge is -2.32. The molecule has 1 saturated heterocycles. The lowest BCUT2D eigenvalue weighted by Crippen LogP contribution is -2.42. The quantitative estimate of drug-likeness (QED) is 0.870. The molecule has 1 atom stereocenters. The van der Waals surface area contributed by atoms with E-state index in [0.717, 1.165) is 29.3 Å².